The van der Waals surface area contributed by atoms with Crippen molar-refractivity contribution < 1.29 is 13.9 Å². The predicted octanol–water partition coefficient (Wildman–Crippen LogP) is 2.58. The van der Waals surface area contributed by atoms with Crippen molar-refractivity contribution in [2.45, 2.75) is 20.0 Å². The molecule has 1 N–H and O–H groups in total. The van der Waals surface area contributed by atoms with Gasteiger partial charge in [0.05, 0.1) is 6.61 Å². The van der Waals surface area contributed by atoms with Gasteiger partial charge in [-0.15, -0.1) is 0 Å². The summed E-state index contributed by atoms with van der Waals surface area (Å²) < 4.78 is 24.8. The third-order valence-electron chi connectivity index (χ3n) is 1.73. The van der Waals surface area contributed by atoms with E-state index in [0.29, 0.717) is 15.7 Å². The summed E-state index contributed by atoms with van der Waals surface area (Å²) in [4.78, 5) is 3.64. The molecule has 1 heterocycles. The first-order chi connectivity index (χ1) is 6.06. The van der Waals surface area contributed by atoms with Crippen LogP contribution in [0.4, 0.5) is 8.78 Å². The summed E-state index contributed by atoms with van der Waals surface area (Å²) in [6.45, 7) is 1.45. The summed E-state index contributed by atoms with van der Waals surface area (Å²) in [6, 6.07) is 1.21. The Morgan fingerprint density at radius 3 is 2.69 bits per heavy atom. The summed E-state index contributed by atoms with van der Waals surface area (Å²) in [5.74, 6) is 0. The number of halogens is 3. The fourth-order valence-electron chi connectivity index (χ4n) is 0.925. The van der Waals surface area contributed by atoms with Crippen LogP contribution in [0.5, 0.6) is 0 Å². The first-order valence-corrected chi connectivity index (χ1v) is 4.40. The van der Waals surface area contributed by atoms with Gasteiger partial charge in [0.1, 0.15) is 10.3 Å². The number of rotatable bonds is 2. The van der Waals surface area contributed by atoms with Crippen LogP contribution in [0.1, 0.15) is 23.2 Å². The molecular formula is C8H8BrF2NO. The number of nitrogens with zero attached hydrogens (tertiary/aromatic N) is 1. The Hall–Kier alpha value is -0.550. The molecule has 0 aromatic carbocycles. The summed E-state index contributed by atoms with van der Waals surface area (Å²) in [6.07, 6.45) is -2.61. The fourth-order valence-corrected chi connectivity index (χ4v) is 1.38. The number of alkyl halides is 2. The Morgan fingerprint density at radius 2 is 2.23 bits per heavy atom. The van der Waals surface area contributed by atoms with Crippen molar-refractivity contribution in [1.82, 2.24) is 4.98 Å². The van der Waals surface area contributed by atoms with E-state index in [1.165, 1.54) is 6.07 Å². The van der Waals surface area contributed by atoms with Crippen molar-refractivity contribution >= 4 is 15.9 Å². The SMILES string of the molecule is Cc1c(CO)cc(C(F)F)nc1Br. The van der Waals surface area contributed by atoms with Gasteiger partial charge in [0, 0.05) is 0 Å². The van der Waals surface area contributed by atoms with Gasteiger partial charge in [-0.05, 0) is 40.0 Å². The van der Waals surface area contributed by atoms with Gasteiger partial charge in [0.25, 0.3) is 6.43 Å². The van der Waals surface area contributed by atoms with Gasteiger partial charge >= 0.3 is 0 Å². The molecule has 2 nitrogen and oxygen atoms in total. The number of aliphatic hydroxyl groups is 1. The molecule has 72 valence electrons. The molecule has 5 heteroatoms. The second kappa shape index (κ2) is 4.11. The average Bonchev–Trinajstić information content (AvgIpc) is 2.09. The molecule has 0 atom stereocenters. The van der Waals surface area contributed by atoms with E-state index in [9.17, 15) is 8.78 Å². The van der Waals surface area contributed by atoms with Crippen LogP contribution in [0.3, 0.4) is 0 Å². The summed E-state index contributed by atoms with van der Waals surface area (Å²) in [5.41, 5.74) is 0.839. The first kappa shape index (κ1) is 10.5. The molecule has 0 fully saturated rings. The van der Waals surface area contributed by atoms with Crippen molar-refractivity contribution in [3.63, 3.8) is 0 Å². The first-order valence-electron chi connectivity index (χ1n) is 3.61. The smallest absolute Gasteiger partial charge is 0.280 e. The largest absolute Gasteiger partial charge is 0.392 e. The van der Waals surface area contributed by atoms with Crippen LogP contribution in [0.2, 0.25) is 0 Å². The van der Waals surface area contributed by atoms with Crippen LogP contribution in [0.15, 0.2) is 10.7 Å². The van der Waals surface area contributed by atoms with Crippen LogP contribution >= 0.6 is 15.9 Å². The molecule has 13 heavy (non-hydrogen) atoms. The molecule has 1 aromatic heterocycles. The highest BCUT2D eigenvalue weighted by Gasteiger charge is 2.13. The highest BCUT2D eigenvalue weighted by Crippen LogP contribution is 2.24. The number of aromatic nitrogens is 1. The van der Waals surface area contributed by atoms with E-state index in [2.05, 4.69) is 20.9 Å². The number of hydrogen-bond donors (Lipinski definition) is 1. The molecule has 0 bridgehead atoms. The van der Waals surface area contributed by atoms with Crippen molar-refractivity contribution in [3.05, 3.63) is 27.5 Å². The normalized spacial score (nSPS) is 10.9. The maximum Gasteiger partial charge on any atom is 0.280 e. The zero-order chi connectivity index (χ0) is 10.0. The van der Waals surface area contributed by atoms with Crippen LogP contribution in [-0.2, 0) is 6.61 Å². The van der Waals surface area contributed by atoms with Crippen LogP contribution in [0.25, 0.3) is 0 Å². The highest BCUT2D eigenvalue weighted by molar-refractivity contribution is 9.10. The predicted molar refractivity (Wildman–Crippen MR) is 47.6 cm³/mol. The molecule has 0 aliphatic carbocycles. The van der Waals surface area contributed by atoms with Gasteiger partial charge < -0.3 is 5.11 Å². The lowest BCUT2D eigenvalue weighted by molar-refractivity contribution is 0.145. The zero-order valence-electron chi connectivity index (χ0n) is 6.89. The van der Waals surface area contributed by atoms with Crippen molar-refractivity contribution in [2.24, 2.45) is 0 Å². The lowest BCUT2D eigenvalue weighted by Gasteiger charge is -2.07. The van der Waals surface area contributed by atoms with E-state index in [0.717, 1.165) is 0 Å². The third-order valence-corrected chi connectivity index (χ3v) is 2.51. The molecule has 0 unspecified atom stereocenters. The molecule has 0 aliphatic rings. The molecule has 0 radical (unpaired) electrons. The van der Waals surface area contributed by atoms with E-state index >= 15 is 0 Å². The standard InChI is InChI=1S/C8H8BrF2NO/c1-4-5(3-13)2-6(8(10)11)12-7(4)9/h2,8,13H,3H2,1H3. The van der Waals surface area contributed by atoms with Crippen LogP contribution in [0, 0.1) is 6.92 Å². The van der Waals surface area contributed by atoms with Crippen LogP contribution < -0.4 is 0 Å². The molecule has 0 amide bonds. The quantitative estimate of drug-likeness (QED) is 0.820. The maximum absolute atomic E-state index is 12.2. The fraction of sp³-hybridized carbons (Fsp3) is 0.375. The molecule has 0 saturated carbocycles. The Bertz CT molecular complexity index is 317. The molecule has 0 aliphatic heterocycles. The molecule has 0 spiro atoms. The topological polar surface area (TPSA) is 33.1 Å². The second-order valence-corrected chi connectivity index (χ2v) is 3.33. The van der Waals surface area contributed by atoms with Crippen molar-refractivity contribution in [2.75, 3.05) is 0 Å². The van der Waals surface area contributed by atoms with Crippen LogP contribution in [-0.4, -0.2) is 10.1 Å². The van der Waals surface area contributed by atoms with Gasteiger partial charge in [-0.25, -0.2) is 13.8 Å². The minimum absolute atomic E-state index is 0.257. The highest BCUT2D eigenvalue weighted by atomic mass is 79.9. The minimum Gasteiger partial charge on any atom is -0.392 e. The lowest BCUT2D eigenvalue weighted by atomic mass is 10.1. The number of pyridine rings is 1. The van der Waals surface area contributed by atoms with Gasteiger partial charge in [-0.3, -0.25) is 0 Å². The Balaban J connectivity index is 3.22. The van der Waals surface area contributed by atoms with Crippen molar-refractivity contribution in [3.8, 4) is 0 Å². The van der Waals surface area contributed by atoms with Gasteiger partial charge in [0.15, 0.2) is 0 Å². The molecule has 1 rings (SSSR count). The lowest BCUT2D eigenvalue weighted by Crippen LogP contribution is -1.98. The van der Waals surface area contributed by atoms with E-state index < -0.39 is 6.43 Å². The zero-order valence-corrected chi connectivity index (χ0v) is 8.48. The average molecular weight is 252 g/mol. The minimum atomic E-state index is -2.61. The molecule has 1 aromatic rings. The Kier molecular flexibility index (Phi) is 3.33. The molecule has 0 saturated heterocycles. The van der Waals surface area contributed by atoms with E-state index in [-0.39, 0.29) is 12.3 Å². The molecular weight excluding hydrogens is 244 g/mol. The Labute approximate surface area is 82.7 Å². The van der Waals surface area contributed by atoms with E-state index in [1.807, 2.05) is 0 Å². The van der Waals surface area contributed by atoms with Gasteiger partial charge in [-0.1, -0.05) is 0 Å². The summed E-state index contributed by atoms with van der Waals surface area (Å²) in [5, 5.41) is 8.86. The summed E-state index contributed by atoms with van der Waals surface area (Å²) in [7, 11) is 0. The monoisotopic (exact) mass is 251 g/mol. The maximum atomic E-state index is 12.2. The summed E-state index contributed by atoms with van der Waals surface area (Å²) >= 11 is 3.05. The second-order valence-electron chi connectivity index (χ2n) is 2.58. The Morgan fingerprint density at radius 1 is 1.62 bits per heavy atom. The van der Waals surface area contributed by atoms with Crippen molar-refractivity contribution in [1.29, 1.82) is 0 Å². The number of hydrogen-bond acceptors (Lipinski definition) is 2. The van der Waals surface area contributed by atoms with Gasteiger partial charge in [-0.2, -0.15) is 0 Å². The number of aliphatic hydroxyl groups excluding tert-OH is 1. The van der Waals surface area contributed by atoms with E-state index in [4.69, 9.17) is 5.11 Å². The van der Waals surface area contributed by atoms with Gasteiger partial charge in [0.2, 0.25) is 0 Å². The third kappa shape index (κ3) is 2.22. The van der Waals surface area contributed by atoms with E-state index in [1.54, 1.807) is 6.92 Å².